The molecule has 4 nitrogen and oxygen atoms in total. The molecule has 0 spiro atoms. The van der Waals surface area contributed by atoms with E-state index in [9.17, 15) is 4.79 Å². The van der Waals surface area contributed by atoms with Gasteiger partial charge in [-0.2, -0.15) is 0 Å². The molecule has 1 aliphatic carbocycles. The Morgan fingerprint density at radius 2 is 2.25 bits per heavy atom. The summed E-state index contributed by atoms with van der Waals surface area (Å²) >= 11 is 0. The smallest absolute Gasteiger partial charge is 0.217 e. The number of hydrogen-bond acceptors (Lipinski definition) is 3. The number of carbonyl (C=O) groups excluding carboxylic acids is 1. The lowest BCUT2D eigenvalue weighted by Crippen LogP contribution is -2.49. The molecule has 0 aromatic heterocycles. The standard InChI is InChI=1S/C12H20N2O2/c1-8-5-6-10(7-11(8)14-16)12(3,4)13-9(2)15/h5,10,16H,6-7H2,1-4H3,(H,13,15)/t10-/m0/s1. The Labute approximate surface area is 96.4 Å². The number of oxime groups is 1. The normalized spacial score (nSPS) is 24.1. The van der Waals surface area contributed by atoms with E-state index >= 15 is 0 Å². The van der Waals surface area contributed by atoms with E-state index in [1.54, 1.807) is 0 Å². The molecule has 0 aromatic carbocycles. The molecule has 0 bridgehead atoms. The lowest BCUT2D eigenvalue weighted by molar-refractivity contribution is -0.121. The van der Waals surface area contributed by atoms with Crippen LogP contribution >= 0.6 is 0 Å². The Kier molecular flexibility index (Phi) is 3.73. The van der Waals surface area contributed by atoms with Crippen molar-refractivity contribution in [2.75, 3.05) is 0 Å². The number of amides is 1. The molecular weight excluding hydrogens is 204 g/mol. The van der Waals surface area contributed by atoms with Crippen LogP contribution < -0.4 is 5.32 Å². The molecular formula is C12H20N2O2. The zero-order valence-corrected chi connectivity index (χ0v) is 10.4. The van der Waals surface area contributed by atoms with Crippen LogP contribution in [0.1, 0.15) is 40.5 Å². The predicted octanol–water partition coefficient (Wildman–Crippen LogP) is 2.09. The second-order valence-electron chi connectivity index (χ2n) is 4.97. The van der Waals surface area contributed by atoms with Gasteiger partial charge in [0.25, 0.3) is 0 Å². The minimum atomic E-state index is -0.279. The Balaban J connectivity index is 2.81. The van der Waals surface area contributed by atoms with Crippen molar-refractivity contribution in [1.82, 2.24) is 5.32 Å². The number of nitrogens with zero attached hydrogens (tertiary/aromatic N) is 1. The molecule has 1 aliphatic rings. The van der Waals surface area contributed by atoms with Gasteiger partial charge in [-0.15, -0.1) is 0 Å². The minimum Gasteiger partial charge on any atom is -0.411 e. The summed E-state index contributed by atoms with van der Waals surface area (Å²) in [5, 5.41) is 15.1. The zero-order chi connectivity index (χ0) is 12.3. The van der Waals surface area contributed by atoms with Crippen LogP contribution in [0.4, 0.5) is 0 Å². The van der Waals surface area contributed by atoms with E-state index in [0.29, 0.717) is 6.42 Å². The lowest BCUT2D eigenvalue weighted by atomic mass is 9.76. The van der Waals surface area contributed by atoms with Crippen molar-refractivity contribution in [2.24, 2.45) is 11.1 Å². The summed E-state index contributed by atoms with van der Waals surface area (Å²) in [6.07, 6.45) is 3.66. The molecule has 0 radical (unpaired) electrons. The minimum absolute atomic E-state index is 0.0289. The molecule has 0 aromatic rings. The third kappa shape index (κ3) is 2.84. The molecule has 2 N–H and O–H groups in total. The van der Waals surface area contributed by atoms with Crippen molar-refractivity contribution >= 4 is 11.6 Å². The van der Waals surface area contributed by atoms with Crippen LogP contribution in [0.15, 0.2) is 16.8 Å². The topological polar surface area (TPSA) is 61.7 Å². The maximum atomic E-state index is 11.1. The number of carbonyl (C=O) groups is 1. The number of nitrogens with one attached hydrogen (secondary N) is 1. The van der Waals surface area contributed by atoms with E-state index < -0.39 is 0 Å². The average molecular weight is 224 g/mol. The molecule has 0 fully saturated rings. The summed E-state index contributed by atoms with van der Waals surface area (Å²) in [4.78, 5) is 11.1. The molecule has 90 valence electrons. The molecule has 1 atom stereocenters. The lowest BCUT2D eigenvalue weighted by Gasteiger charge is -2.36. The fraction of sp³-hybridized carbons (Fsp3) is 0.667. The summed E-state index contributed by atoms with van der Waals surface area (Å²) < 4.78 is 0. The van der Waals surface area contributed by atoms with Crippen LogP contribution in [-0.4, -0.2) is 22.4 Å². The van der Waals surface area contributed by atoms with Crippen LogP contribution in [0.25, 0.3) is 0 Å². The van der Waals surface area contributed by atoms with Crippen LogP contribution in [0, 0.1) is 5.92 Å². The van der Waals surface area contributed by atoms with Gasteiger partial charge >= 0.3 is 0 Å². The summed E-state index contributed by atoms with van der Waals surface area (Å²) in [5.74, 6) is 0.241. The van der Waals surface area contributed by atoms with Crippen LogP contribution in [0.5, 0.6) is 0 Å². The first kappa shape index (κ1) is 12.7. The molecule has 0 saturated heterocycles. The van der Waals surface area contributed by atoms with E-state index in [-0.39, 0.29) is 17.4 Å². The molecule has 0 aliphatic heterocycles. The predicted molar refractivity (Wildman–Crippen MR) is 63.6 cm³/mol. The first-order valence-electron chi connectivity index (χ1n) is 5.53. The van der Waals surface area contributed by atoms with E-state index in [2.05, 4.69) is 16.5 Å². The largest absolute Gasteiger partial charge is 0.411 e. The van der Waals surface area contributed by atoms with E-state index in [4.69, 9.17) is 5.21 Å². The first-order chi connectivity index (χ1) is 7.36. The molecule has 0 saturated carbocycles. The summed E-state index contributed by atoms with van der Waals surface area (Å²) in [7, 11) is 0. The molecule has 4 heteroatoms. The van der Waals surface area contributed by atoms with Gasteiger partial charge in [-0.05, 0) is 45.1 Å². The monoisotopic (exact) mass is 224 g/mol. The van der Waals surface area contributed by atoms with Gasteiger partial charge in [-0.3, -0.25) is 4.79 Å². The van der Waals surface area contributed by atoms with Crippen molar-refractivity contribution in [1.29, 1.82) is 0 Å². The Bertz CT molecular complexity index is 343. The fourth-order valence-electron chi connectivity index (χ4n) is 2.14. The molecule has 0 unspecified atom stereocenters. The van der Waals surface area contributed by atoms with E-state index in [0.717, 1.165) is 17.7 Å². The number of rotatable bonds is 2. The molecule has 1 amide bonds. The Morgan fingerprint density at radius 1 is 1.62 bits per heavy atom. The first-order valence-corrected chi connectivity index (χ1v) is 5.53. The molecule has 16 heavy (non-hydrogen) atoms. The van der Waals surface area contributed by atoms with Crippen LogP contribution in [0.2, 0.25) is 0 Å². The third-order valence-electron chi connectivity index (χ3n) is 3.24. The highest BCUT2D eigenvalue weighted by atomic mass is 16.4. The Morgan fingerprint density at radius 3 is 2.75 bits per heavy atom. The van der Waals surface area contributed by atoms with Crippen LogP contribution in [-0.2, 0) is 4.79 Å². The van der Waals surface area contributed by atoms with Crippen LogP contribution in [0.3, 0.4) is 0 Å². The SMILES string of the molecule is CC(=O)NC(C)(C)[C@H]1CC=C(C)C(=NO)C1. The van der Waals surface area contributed by atoms with Gasteiger partial charge in [-0.1, -0.05) is 11.2 Å². The fourth-order valence-corrected chi connectivity index (χ4v) is 2.14. The van der Waals surface area contributed by atoms with Crippen molar-refractivity contribution in [3.05, 3.63) is 11.6 Å². The average Bonchev–Trinajstić information content (AvgIpc) is 2.16. The second kappa shape index (κ2) is 4.68. The van der Waals surface area contributed by atoms with Crippen molar-refractivity contribution < 1.29 is 10.0 Å². The molecule has 0 heterocycles. The third-order valence-corrected chi connectivity index (χ3v) is 3.24. The van der Waals surface area contributed by atoms with Gasteiger partial charge in [-0.25, -0.2) is 0 Å². The number of hydrogen-bond donors (Lipinski definition) is 2. The van der Waals surface area contributed by atoms with Gasteiger partial charge in [0.1, 0.15) is 0 Å². The van der Waals surface area contributed by atoms with E-state index in [1.165, 1.54) is 6.92 Å². The van der Waals surface area contributed by atoms with E-state index in [1.807, 2.05) is 20.8 Å². The molecule has 1 rings (SSSR count). The van der Waals surface area contributed by atoms with Gasteiger partial charge in [0, 0.05) is 12.5 Å². The van der Waals surface area contributed by atoms with Crippen molar-refractivity contribution in [3.63, 3.8) is 0 Å². The van der Waals surface area contributed by atoms with Crippen molar-refractivity contribution in [2.45, 2.75) is 46.1 Å². The summed E-state index contributed by atoms with van der Waals surface area (Å²) in [6.45, 7) is 7.47. The van der Waals surface area contributed by atoms with Gasteiger partial charge < -0.3 is 10.5 Å². The maximum Gasteiger partial charge on any atom is 0.217 e. The number of allylic oxidation sites excluding steroid dienone is 2. The van der Waals surface area contributed by atoms with Gasteiger partial charge in [0.15, 0.2) is 0 Å². The highest BCUT2D eigenvalue weighted by molar-refractivity contribution is 6.00. The highest BCUT2D eigenvalue weighted by Crippen LogP contribution is 2.30. The van der Waals surface area contributed by atoms with Crippen molar-refractivity contribution in [3.8, 4) is 0 Å². The van der Waals surface area contributed by atoms with Gasteiger partial charge in [0.05, 0.1) is 5.71 Å². The highest BCUT2D eigenvalue weighted by Gasteiger charge is 2.32. The second-order valence-corrected chi connectivity index (χ2v) is 4.97. The Hall–Kier alpha value is -1.32. The summed E-state index contributed by atoms with van der Waals surface area (Å²) in [5.41, 5.74) is 1.46. The van der Waals surface area contributed by atoms with Gasteiger partial charge in [0.2, 0.25) is 5.91 Å². The summed E-state index contributed by atoms with van der Waals surface area (Å²) in [6, 6.07) is 0. The zero-order valence-electron chi connectivity index (χ0n) is 10.4. The quantitative estimate of drug-likeness (QED) is 0.557. The maximum absolute atomic E-state index is 11.1.